The van der Waals surface area contributed by atoms with Crippen molar-refractivity contribution in [1.29, 1.82) is 0 Å². The maximum atomic E-state index is 11.7. The van der Waals surface area contributed by atoms with Gasteiger partial charge in [0.15, 0.2) is 0 Å². The average Bonchev–Trinajstić information content (AvgIpc) is 2.41. The maximum absolute atomic E-state index is 11.7. The highest BCUT2D eigenvalue weighted by atomic mass is 35.6. The Morgan fingerprint density at radius 2 is 1.43 bits per heavy atom. The van der Waals surface area contributed by atoms with Crippen LogP contribution in [0.2, 0.25) is 0 Å². The number of ether oxygens (including phenoxy) is 2. The molecule has 21 heavy (non-hydrogen) atoms. The number of carbonyl (C=O) groups excluding carboxylic acids is 2. The summed E-state index contributed by atoms with van der Waals surface area (Å²) in [6.07, 6.45) is 0. The molecule has 0 spiro atoms. The summed E-state index contributed by atoms with van der Waals surface area (Å²) in [6.45, 7) is 3.87. The van der Waals surface area contributed by atoms with E-state index in [0.29, 0.717) is 12.2 Å². The van der Waals surface area contributed by atoms with Crippen LogP contribution in [0.4, 0.5) is 0 Å². The van der Waals surface area contributed by atoms with Crippen LogP contribution in [-0.4, -0.2) is 28.9 Å². The Kier molecular flexibility index (Phi) is 6.78. The van der Waals surface area contributed by atoms with E-state index in [-0.39, 0.29) is 18.1 Å². The van der Waals surface area contributed by atoms with Crippen LogP contribution in [0.3, 0.4) is 0 Å². The fourth-order valence-corrected chi connectivity index (χ4v) is 1.46. The first-order chi connectivity index (χ1) is 9.69. The van der Waals surface area contributed by atoms with E-state index in [1.54, 1.807) is 0 Å². The Morgan fingerprint density at radius 1 is 1.00 bits per heavy atom. The van der Waals surface area contributed by atoms with Crippen LogP contribution in [0.5, 0.6) is 0 Å². The molecule has 0 bridgehead atoms. The minimum absolute atomic E-state index is 0.254. The first kappa shape index (κ1) is 18.1. The summed E-state index contributed by atoms with van der Waals surface area (Å²) < 4.78 is 8.24. The molecule has 0 heterocycles. The number of hydrogen-bond acceptors (Lipinski definition) is 4. The molecular weight excluding hydrogens is 339 g/mol. The van der Waals surface area contributed by atoms with E-state index in [1.807, 2.05) is 13.8 Å². The SMILES string of the molecule is CC(C)COC(=O)c1ccc(C(=O)OCC(Cl)(Cl)Cl)cc1. The summed E-state index contributed by atoms with van der Waals surface area (Å²) in [6, 6.07) is 5.86. The summed E-state index contributed by atoms with van der Waals surface area (Å²) in [4.78, 5) is 23.4. The Morgan fingerprint density at radius 3 is 1.81 bits per heavy atom. The predicted molar refractivity (Wildman–Crippen MR) is 82.1 cm³/mol. The van der Waals surface area contributed by atoms with Crippen molar-refractivity contribution in [2.24, 2.45) is 5.92 Å². The van der Waals surface area contributed by atoms with E-state index in [4.69, 9.17) is 44.3 Å². The zero-order valence-corrected chi connectivity index (χ0v) is 13.8. The number of benzene rings is 1. The van der Waals surface area contributed by atoms with Gasteiger partial charge >= 0.3 is 11.9 Å². The Hall–Kier alpha value is -0.970. The van der Waals surface area contributed by atoms with Crippen LogP contribution in [0.1, 0.15) is 34.6 Å². The third-order valence-electron chi connectivity index (χ3n) is 2.27. The molecule has 1 aromatic rings. The van der Waals surface area contributed by atoms with Gasteiger partial charge in [-0.1, -0.05) is 48.7 Å². The third kappa shape index (κ3) is 7.02. The number of carbonyl (C=O) groups is 2. The molecule has 0 aromatic heterocycles. The monoisotopic (exact) mass is 352 g/mol. The van der Waals surface area contributed by atoms with E-state index in [0.717, 1.165) is 0 Å². The van der Waals surface area contributed by atoms with Crippen molar-refractivity contribution >= 4 is 46.7 Å². The van der Waals surface area contributed by atoms with Crippen molar-refractivity contribution in [1.82, 2.24) is 0 Å². The second-order valence-electron chi connectivity index (χ2n) is 4.76. The van der Waals surface area contributed by atoms with E-state index in [2.05, 4.69) is 0 Å². The fraction of sp³-hybridized carbons (Fsp3) is 0.429. The van der Waals surface area contributed by atoms with Gasteiger partial charge in [-0.2, -0.15) is 0 Å². The third-order valence-corrected chi connectivity index (χ3v) is 2.60. The fourth-order valence-electron chi connectivity index (χ4n) is 1.30. The molecule has 0 N–H and O–H groups in total. The smallest absolute Gasteiger partial charge is 0.338 e. The summed E-state index contributed by atoms with van der Waals surface area (Å²) >= 11 is 16.5. The van der Waals surface area contributed by atoms with Crippen LogP contribution in [0, 0.1) is 5.92 Å². The van der Waals surface area contributed by atoms with Gasteiger partial charge in [-0.15, -0.1) is 0 Å². The van der Waals surface area contributed by atoms with E-state index >= 15 is 0 Å². The van der Waals surface area contributed by atoms with Crippen molar-refractivity contribution in [2.75, 3.05) is 13.2 Å². The molecular formula is C14H15Cl3O4. The lowest BCUT2D eigenvalue weighted by Crippen LogP contribution is -2.17. The molecule has 1 aromatic carbocycles. The second-order valence-corrected chi connectivity index (χ2v) is 7.28. The number of alkyl halides is 3. The van der Waals surface area contributed by atoms with Gasteiger partial charge in [0.2, 0.25) is 3.79 Å². The van der Waals surface area contributed by atoms with Crippen molar-refractivity contribution in [3.63, 3.8) is 0 Å². The van der Waals surface area contributed by atoms with Gasteiger partial charge in [-0.05, 0) is 30.2 Å². The van der Waals surface area contributed by atoms with Gasteiger partial charge in [0.05, 0.1) is 17.7 Å². The van der Waals surface area contributed by atoms with Crippen molar-refractivity contribution in [2.45, 2.75) is 17.6 Å². The van der Waals surface area contributed by atoms with Gasteiger partial charge in [-0.25, -0.2) is 9.59 Å². The quantitative estimate of drug-likeness (QED) is 0.592. The topological polar surface area (TPSA) is 52.6 Å². The Bertz CT molecular complexity index is 492. The van der Waals surface area contributed by atoms with Gasteiger partial charge < -0.3 is 9.47 Å². The Labute approximate surface area is 138 Å². The summed E-state index contributed by atoms with van der Waals surface area (Å²) in [5.74, 6) is -0.821. The molecule has 0 unspecified atom stereocenters. The van der Waals surface area contributed by atoms with Gasteiger partial charge in [0.25, 0.3) is 0 Å². The predicted octanol–water partition coefficient (Wildman–Crippen LogP) is 4.03. The molecule has 7 heteroatoms. The van der Waals surface area contributed by atoms with Gasteiger partial charge in [0.1, 0.15) is 6.61 Å². The lowest BCUT2D eigenvalue weighted by Gasteiger charge is -2.11. The van der Waals surface area contributed by atoms with Crippen LogP contribution in [0.15, 0.2) is 24.3 Å². The van der Waals surface area contributed by atoms with Crippen molar-refractivity contribution in [3.05, 3.63) is 35.4 Å². The van der Waals surface area contributed by atoms with E-state index in [1.165, 1.54) is 24.3 Å². The van der Waals surface area contributed by atoms with Crippen LogP contribution in [0.25, 0.3) is 0 Å². The number of rotatable bonds is 5. The van der Waals surface area contributed by atoms with Gasteiger partial charge in [-0.3, -0.25) is 0 Å². The molecule has 0 saturated carbocycles. The van der Waals surface area contributed by atoms with Crippen LogP contribution >= 0.6 is 34.8 Å². The zero-order chi connectivity index (χ0) is 16.0. The molecule has 0 radical (unpaired) electrons. The lowest BCUT2D eigenvalue weighted by atomic mass is 10.1. The average molecular weight is 354 g/mol. The molecule has 0 aliphatic heterocycles. The molecule has 0 aliphatic rings. The zero-order valence-electron chi connectivity index (χ0n) is 11.6. The minimum atomic E-state index is -1.66. The number of halogens is 3. The number of esters is 2. The molecule has 1 rings (SSSR count). The highest BCUT2D eigenvalue weighted by Gasteiger charge is 2.22. The summed E-state index contributed by atoms with van der Waals surface area (Å²) in [5, 5.41) is 0. The first-order valence-electron chi connectivity index (χ1n) is 6.20. The summed E-state index contributed by atoms with van der Waals surface area (Å²) in [5.41, 5.74) is 0.609. The largest absolute Gasteiger partial charge is 0.462 e. The molecule has 116 valence electrons. The molecule has 0 fully saturated rings. The molecule has 4 nitrogen and oxygen atoms in total. The summed E-state index contributed by atoms with van der Waals surface area (Å²) in [7, 11) is 0. The van der Waals surface area contributed by atoms with Gasteiger partial charge in [0, 0.05) is 0 Å². The normalized spacial score (nSPS) is 11.3. The highest BCUT2D eigenvalue weighted by Crippen LogP contribution is 2.26. The Balaban J connectivity index is 2.61. The molecule has 0 atom stereocenters. The standard InChI is InChI=1S/C14H15Cl3O4/c1-9(2)7-20-12(18)10-3-5-11(6-4-10)13(19)21-8-14(15,16)17/h3-6,9H,7-8H2,1-2H3. The number of hydrogen-bond donors (Lipinski definition) is 0. The van der Waals surface area contributed by atoms with Crippen molar-refractivity contribution < 1.29 is 19.1 Å². The highest BCUT2D eigenvalue weighted by molar-refractivity contribution is 6.67. The second kappa shape index (κ2) is 7.87. The van der Waals surface area contributed by atoms with Crippen molar-refractivity contribution in [3.8, 4) is 0 Å². The molecule has 0 aliphatic carbocycles. The molecule has 0 saturated heterocycles. The maximum Gasteiger partial charge on any atom is 0.338 e. The first-order valence-corrected chi connectivity index (χ1v) is 7.33. The van der Waals surface area contributed by atoms with Crippen LogP contribution in [-0.2, 0) is 9.47 Å². The minimum Gasteiger partial charge on any atom is -0.462 e. The van der Waals surface area contributed by atoms with Crippen LogP contribution < -0.4 is 0 Å². The van der Waals surface area contributed by atoms with E-state index in [9.17, 15) is 9.59 Å². The van der Waals surface area contributed by atoms with E-state index < -0.39 is 15.7 Å². The molecule has 0 amide bonds. The lowest BCUT2D eigenvalue weighted by molar-refractivity contribution is 0.0455.